The Kier molecular flexibility index (Phi) is 7.03. The number of nitrogens with one attached hydrogen (secondary N) is 1. The van der Waals surface area contributed by atoms with Crippen LogP contribution in [0.15, 0.2) is 36.2 Å². The Morgan fingerprint density at radius 1 is 1.52 bits per heavy atom. The summed E-state index contributed by atoms with van der Waals surface area (Å²) in [5, 5.41) is 2.97. The number of hydrogen-bond donors (Lipinski definition) is 1. The van der Waals surface area contributed by atoms with Gasteiger partial charge in [-0.25, -0.2) is 0 Å². The molecule has 1 aliphatic rings. The first-order valence-corrected chi connectivity index (χ1v) is 7.80. The molecule has 1 N–H and O–H groups in total. The fourth-order valence-electron chi connectivity index (χ4n) is 2.21. The first kappa shape index (κ1) is 17.4. The van der Waals surface area contributed by atoms with E-state index in [1.165, 1.54) is 5.57 Å². The van der Waals surface area contributed by atoms with Gasteiger partial charge in [-0.15, -0.1) is 0 Å². The van der Waals surface area contributed by atoms with Gasteiger partial charge in [0.2, 0.25) is 0 Å². The highest BCUT2D eigenvalue weighted by atomic mass is 16.5. The molecule has 0 saturated carbocycles. The number of hydrogen-bond acceptors (Lipinski definition) is 5. The standard InChI is InChI=1S/C17H24N2O4/c1-13(2)5-9-22-16-11-21-8-6-15(16)19-17(20)12-23-14-4-3-7-18-10-14/h3-5,7,10,15-16H,6,8-9,11-12H2,1-2H3,(H,19,20)/t15-,16-/m1/s1. The van der Waals surface area contributed by atoms with Crippen molar-refractivity contribution in [1.82, 2.24) is 10.3 Å². The second kappa shape index (κ2) is 9.27. The molecule has 0 radical (unpaired) electrons. The van der Waals surface area contributed by atoms with Crippen LogP contribution in [0.1, 0.15) is 20.3 Å². The van der Waals surface area contributed by atoms with Crippen LogP contribution < -0.4 is 10.1 Å². The average Bonchev–Trinajstić information content (AvgIpc) is 2.55. The van der Waals surface area contributed by atoms with E-state index in [1.807, 2.05) is 19.9 Å². The van der Waals surface area contributed by atoms with Gasteiger partial charge in [-0.05, 0) is 32.4 Å². The van der Waals surface area contributed by atoms with E-state index in [0.717, 1.165) is 6.42 Å². The molecule has 0 aromatic carbocycles. The van der Waals surface area contributed by atoms with Gasteiger partial charge < -0.3 is 19.5 Å². The predicted octanol–water partition coefficient (Wildman–Crippen LogP) is 1.72. The molecule has 1 aliphatic heterocycles. The SMILES string of the molecule is CC(C)=CCO[C@@H]1COCC[C@H]1NC(=O)COc1cccnc1. The maximum absolute atomic E-state index is 12.0. The fraction of sp³-hybridized carbons (Fsp3) is 0.529. The van der Waals surface area contributed by atoms with Crippen LogP contribution in [-0.4, -0.2) is 49.5 Å². The zero-order valence-corrected chi connectivity index (χ0v) is 13.7. The molecule has 1 saturated heterocycles. The van der Waals surface area contributed by atoms with Crippen molar-refractivity contribution < 1.29 is 19.0 Å². The molecule has 1 aromatic heterocycles. The third-order valence-electron chi connectivity index (χ3n) is 3.46. The van der Waals surface area contributed by atoms with Crippen molar-refractivity contribution in [3.05, 3.63) is 36.2 Å². The lowest BCUT2D eigenvalue weighted by molar-refractivity contribution is -0.127. The second-order valence-electron chi connectivity index (χ2n) is 5.67. The van der Waals surface area contributed by atoms with Gasteiger partial charge in [0.05, 0.1) is 25.5 Å². The van der Waals surface area contributed by atoms with Gasteiger partial charge in [0, 0.05) is 12.8 Å². The predicted molar refractivity (Wildman–Crippen MR) is 86.3 cm³/mol. The highest BCUT2D eigenvalue weighted by Crippen LogP contribution is 2.12. The number of amides is 1. The molecule has 0 unspecified atom stereocenters. The molecular formula is C17H24N2O4. The third kappa shape index (κ3) is 6.38. The van der Waals surface area contributed by atoms with Crippen molar-refractivity contribution in [2.75, 3.05) is 26.4 Å². The van der Waals surface area contributed by atoms with Crippen LogP contribution in [0.4, 0.5) is 0 Å². The molecule has 1 fully saturated rings. The van der Waals surface area contributed by atoms with E-state index in [2.05, 4.69) is 10.3 Å². The number of allylic oxidation sites excluding steroid dienone is 1. The first-order chi connectivity index (χ1) is 11.1. The zero-order chi connectivity index (χ0) is 16.5. The summed E-state index contributed by atoms with van der Waals surface area (Å²) in [4.78, 5) is 16.0. The summed E-state index contributed by atoms with van der Waals surface area (Å²) >= 11 is 0. The van der Waals surface area contributed by atoms with Gasteiger partial charge >= 0.3 is 0 Å². The Labute approximate surface area is 136 Å². The first-order valence-electron chi connectivity index (χ1n) is 7.80. The van der Waals surface area contributed by atoms with Crippen molar-refractivity contribution in [2.45, 2.75) is 32.4 Å². The van der Waals surface area contributed by atoms with Crippen molar-refractivity contribution >= 4 is 5.91 Å². The van der Waals surface area contributed by atoms with Gasteiger partial charge in [-0.1, -0.05) is 11.6 Å². The number of rotatable bonds is 7. The number of pyridine rings is 1. The van der Waals surface area contributed by atoms with E-state index in [0.29, 0.717) is 25.6 Å². The van der Waals surface area contributed by atoms with Crippen LogP contribution in [0.2, 0.25) is 0 Å². The number of ether oxygens (including phenoxy) is 3. The molecule has 1 amide bonds. The number of carbonyl (C=O) groups excluding carboxylic acids is 1. The van der Waals surface area contributed by atoms with Crippen LogP contribution in [0, 0.1) is 0 Å². The lowest BCUT2D eigenvalue weighted by Crippen LogP contribution is -2.51. The van der Waals surface area contributed by atoms with Gasteiger partial charge in [-0.2, -0.15) is 0 Å². The Balaban J connectivity index is 1.78. The van der Waals surface area contributed by atoms with Crippen molar-refractivity contribution in [1.29, 1.82) is 0 Å². The number of carbonyl (C=O) groups is 1. The molecule has 2 atom stereocenters. The van der Waals surface area contributed by atoms with E-state index >= 15 is 0 Å². The quantitative estimate of drug-likeness (QED) is 0.775. The number of aromatic nitrogens is 1. The van der Waals surface area contributed by atoms with Gasteiger partial charge in [0.1, 0.15) is 11.9 Å². The molecular weight excluding hydrogens is 296 g/mol. The smallest absolute Gasteiger partial charge is 0.258 e. The van der Waals surface area contributed by atoms with E-state index < -0.39 is 0 Å². The van der Waals surface area contributed by atoms with Gasteiger partial charge in [-0.3, -0.25) is 9.78 Å². The Bertz CT molecular complexity index is 515. The summed E-state index contributed by atoms with van der Waals surface area (Å²) in [5.41, 5.74) is 1.20. The van der Waals surface area contributed by atoms with E-state index in [1.54, 1.807) is 24.5 Å². The molecule has 6 nitrogen and oxygen atoms in total. The maximum Gasteiger partial charge on any atom is 0.258 e. The lowest BCUT2D eigenvalue weighted by Gasteiger charge is -2.31. The largest absolute Gasteiger partial charge is 0.482 e. The molecule has 0 bridgehead atoms. The lowest BCUT2D eigenvalue weighted by atomic mass is 10.1. The fourth-order valence-corrected chi connectivity index (χ4v) is 2.21. The van der Waals surface area contributed by atoms with E-state index in [-0.39, 0.29) is 24.7 Å². The molecule has 126 valence electrons. The summed E-state index contributed by atoms with van der Waals surface area (Å²) in [6, 6.07) is 3.47. The average molecular weight is 320 g/mol. The van der Waals surface area contributed by atoms with Crippen LogP contribution >= 0.6 is 0 Å². The molecule has 2 heterocycles. The van der Waals surface area contributed by atoms with Crippen molar-refractivity contribution in [2.24, 2.45) is 0 Å². The third-order valence-corrected chi connectivity index (χ3v) is 3.46. The highest BCUT2D eigenvalue weighted by Gasteiger charge is 2.27. The maximum atomic E-state index is 12.0. The van der Waals surface area contributed by atoms with Gasteiger partial charge in [0.15, 0.2) is 6.61 Å². The molecule has 23 heavy (non-hydrogen) atoms. The minimum absolute atomic E-state index is 0.0380. The minimum atomic E-state index is -0.170. The molecule has 0 aliphatic carbocycles. The van der Waals surface area contributed by atoms with Crippen LogP contribution in [0.5, 0.6) is 5.75 Å². The molecule has 0 spiro atoms. The summed E-state index contributed by atoms with van der Waals surface area (Å²) in [6.07, 6.45) is 5.84. The van der Waals surface area contributed by atoms with Crippen LogP contribution in [0.25, 0.3) is 0 Å². The summed E-state index contributed by atoms with van der Waals surface area (Å²) < 4.78 is 16.6. The van der Waals surface area contributed by atoms with Crippen LogP contribution in [0.3, 0.4) is 0 Å². The molecule has 1 aromatic rings. The topological polar surface area (TPSA) is 69.7 Å². The molecule has 6 heteroatoms. The van der Waals surface area contributed by atoms with Gasteiger partial charge in [0.25, 0.3) is 5.91 Å². The molecule has 2 rings (SSSR count). The summed E-state index contributed by atoms with van der Waals surface area (Å²) in [6.45, 7) is 5.64. The van der Waals surface area contributed by atoms with Crippen molar-refractivity contribution in [3.8, 4) is 5.75 Å². The summed E-state index contributed by atoms with van der Waals surface area (Å²) in [5.74, 6) is 0.405. The normalized spacial score (nSPS) is 20.6. The Hall–Kier alpha value is -1.92. The second-order valence-corrected chi connectivity index (χ2v) is 5.67. The van der Waals surface area contributed by atoms with Crippen LogP contribution in [-0.2, 0) is 14.3 Å². The van der Waals surface area contributed by atoms with Crippen molar-refractivity contribution in [3.63, 3.8) is 0 Å². The minimum Gasteiger partial charge on any atom is -0.482 e. The highest BCUT2D eigenvalue weighted by molar-refractivity contribution is 5.77. The Morgan fingerprint density at radius 3 is 3.13 bits per heavy atom. The number of nitrogens with zero attached hydrogens (tertiary/aromatic N) is 1. The van der Waals surface area contributed by atoms with E-state index in [9.17, 15) is 4.79 Å². The zero-order valence-electron chi connectivity index (χ0n) is 13.7. The Morgan fingerprint density at radius 2 is 2.39 bits per heavy atom. The van der Waals surface area contributed by atoms with E-state index in [4.69, 9.17) is 14.2 Å². The monoisotopic (exact) mass is 320 g/mol. The summed E-state index contributed by atoms with van der Waals surface area (Å²) in [7, 11) is 0.